The van der Waals surface area contributed by atoms with E-state index in [-0.39, 0.29) is 17.2 Å². The Labute approximate surface area is 152 Å². The Hall–Kier alpha value is -2.37. The fourth-order valence-corrected chi connectivity index (χ4v) is 4.78. The molecule has 6 nitrogen and oxygen atoms in total. The van der Waals surface area contributed by atoms with Gasteiger partial charge in [0.25, 0.3) is 0 Å². The molecule has 0 aromatic carbocycles. The van der Waals surface area contributed by atoms with Crippen LogP contribution in [0.15, 0.2) is 23.4 Å². The van der Waals surface area contributed by atoms with Gasteiger partial charge in [0.1, 0.15) is 16.1 Å². The smallest absolute Gasteiger partial charge is 0.338 e. The zero-order valence-corrected chi connectivity index (χ0v) is 14.9. The molecule has 0 spiro atoms. The molecule has 2 heterocycles. The molecule has 25 heavy (non-hydrogen) atoms. The van der Waals surface area contributed by atoms with Gasteiger partial charge in [0, 0.05) is 11.1 Å². The number of fused-ring (bicyclic) bond motifs is 1. The van der Waals surface area contributed by atoms with Crippen molar-refractivity contribution in [3.05, 3.63) is 39.9 Å². The van der Waals surface area contributed by atoms with Gasteiger partial charge >= 0.3 is 5.97 Å². The van der Waals surface area contributed by atoms with Crippen molar-refractivity contribution < 1.29 is 14.7 Å². The molecule has 2 aromatic rings. The molecule has 1 aliphatic carbocycles. The summed E-state index contributed by atoms with van der Waals surface area (Å²) in [6, 6.07) is 5.21. The summed E-state index contributed by atoms with van der Waals surface area (Å²) >= 11 is 2.54. The number of aryl methyl sites for hydroxylation is 1. The Morgan fingerprint density at radius 3 is 2.96 bits per heavy atom. The molecule has 0 atom stereocenters. The highest BCUT2D eigenvalue weighted by molar-refractivity contribution is 8.00. The number of thioether (sulfide) groups is 1. The van der Waals surface area contributed by atoms with Crippen LogP contribution in [0.3, 0.4) is 0 Å². The van der Waals surface area contributed by atoms with Gasteiger partial charge in [0.05, 0.1) is 16.9 Å². The molecule has 8 heteroatoms. The van der Waals surface area contributed by atoms with E-state index in [1.807, 2.05) is 0 Å². The lowest BCUT2D eigenvalue weighted by Crippen LogP contribution is -2.14. The normalized spacial score (nSPS) is 12.9. The van der Waals surface area contributed by atoms with Crippen LogP contribution in [-0.4, -0.2) is 27.7 Å². The number of carboxylic acids is 1. The first kappa shape index (κ1) is 17.5. The maximum absolute atomic E-state index is 12.2. The molecule has 0 bridgehead atoms. The van der Waals surface area contributed by atoms with E-state index in [9.17, 15) is 14.9 Å². The Kier molecular flexibility index (Phi) is 5.36. The lowest BCUT2D eigenvalue weighted by Gasteiger charge is -2.09. The average Bonchev–Trinajstić information content (AvgIpc) is 2.97. The molecule has 2 aromatic heterocycles. The molecule has 1 aliphatic rings. The highest BCUT2D eigenvalue weighted by Gasteiger charge is 2.22. The minimum absolute atomic E-state index is 0.0325. The summed E-state index contributed by atoms with van der Waals surface area (Å²) in [5, 5.41) is 22.2. The van der Waals surface area contributed by atoms with Gasteiger partial charge < -0.3 is 10.4 Å². The number of hydrogen-bond donors (Lipinski definition) is 2. The summed E-state index contributed by atoms with van der Waals surface area (Å²) in [6.45, 7) is 0. The molecule has 0 aliphatic heterocycles. The quantitative estimate of drug-likeness (QED) is 0.779. The summed E-state index contributed by atoms with van der Waals surface area (Å²) in [6.07, 6.45) is 5.51. The van der Waals surface area contributed by atoms with Crippen LogP contribution in [0.5, 0.6) is 0 Å². The maximum atomic E-state index is 12.2. The third-order valence-corrected chi connectivity index (χ3v) is 6.09. The van der Waals surface area contributed by atoms with Crippen LogP contribution in [0.1, 0.15) is 39.2 Å². The number of carbonyl (C=O) groups excluding carboxylic acids is 1. The largest absolute Gasteiger partial charge is 0.478 e. The first-order valence-corrected chi connectivity index (χ1v) is 9.56. The molecule has 1 amide bonds. The fourth-order valence-electron chi connectivity index (χ4n) is 2.74. The Morgan fingerprint density at radius 1 is 1.40 bits per heavy atom. The van der Waals surface area contributed by atoms with Gasteiger partial charge in [-0.15, -0.1) is 11.3 Å². The van der Waals surface area contributed by atoms with Crippen molar-refractivity contribution in [2.24, 2.45) is 0 Å². The van der Waals surface area contributed by atoms with E-state index < -0.39 is 5.97 Å². The molecule has 0 radical (unpaired) electrons. The SMILES string of the molecule is N#Cc1c(NC(=O)CSc2ncccc2C(=O)O)sc2c1CCCC2. The van der Waals surface area contributed by atoms with Gasteiger partial charge in [-0.2, -0.15) is 5.26 Å². The molecule has 128 valence electrons. The number of pyridine rings is 1. The molecular formula is C17H15N3O3S2. The number of nitriles is 1. The predicted molar refractivity (Wildman–Crippen MR) is 96.2 cm³/mol. The first-order chi connectivity index (χ1) is 12.1. The third kappa shape index (κ3) is 3.83. The fraction of sp³-hybridized carbons (Fsp3) is 0.294. The van der Waals surface area contributed by atoms with Crippen LogP contribution in [0, 0.1) is 11.3 Å². The summed E-state index contributed by atoms with van der Waals surface area (Å²) in [5.74, 6) is -1.32. The van der Waals surface area contributed by atoms with Gasteiger partial charge in [0.15, 0.2) is 0 Å². The van der Waals surface area contributed by atoms with Crippen molar-refractivity contribution >= 4 is 40.0 Å². The van der Waals surface area contributed by atoms with Crippen molar-refractivity contribution in [2.75, 3.05) is 11.1 Å². The number of aromatic nitrogens is 1. The minimum Gasteiger partial charge on any atom is -0.478 e. The molecular weight excluding hydrogens is 358 g/mol. The minimum atomic E-state index is -1.08. The second-order valence-electron chi connectivity index (χ2n) is 5.52. The average molecular weight is 373 g/mol. The lowest BCUT2D eigenvalue weighted by molar-refractivity contribution is -0.113. The topological polar surface area (TPSA) is 103 Å². The molecule has 0 fully saturated rings. The number of nitrogens with zero attached hydrogens (tertiary/aromatic N) is 2. The number of aromatic carboxylic acids is 1. The van der Waals surface area contributed by atoms with Crippen LogP contribution in [-0.2, 0) is 17.6 Å². The van der Waals surface area contributed by atoms with E-state index in [4.69, 9.17) is 5.11 Å². The van der Waals surface area contributed by atoms with Crippen molar-refractivity contribution in [1.82, 2.24) is 4.98 Å². The molecule has 2 N–H and O–H groups in total. The summed E-state index contributed by atoms with van der Waals surface area (Å²) in [5.41, 5.74) is 1.71. The maximum Gasteiger partial charge on any atom is 0.338 e. The second-order valence-corrected chi connectivity index (χ2v) is 7.59. The van der Waals surface area contributed by atoms with E-state index in [2.05, 4.69) is 16.4 Å². The highest BCUT2D eigenvalue weighted by Crippen LogP contribution is 2.37. The Bertz CT molecular complexity index is 871. The van der Waals surface area contributed by atoms with E-state index in [0.717, 1.165) is 43.0 Å². The summed E-state index contributed by atoms with van der Waals surface area (Å²) in [4.78, 5) is 28.6. The van der Waals surface area contributed by atoms with Crippen molar-refractivity contribution in [2.45, 2.75) is 30.7 Å². The number of amides is 1. The van der Waals surface area contributed by atoms with Gasteiger partial charge in [-0.05, 0) is 43.4 Å². The zero-order valence-electron chi connectivity index (χ0n) is 13.2. The predicted octanol–water partition coefficient (Wildman–Crippen LogP) is 3.32. The molecule has 3 rings (SSSR count). The number of carboxylic acid groups (broad SMARTS) is 1. The van der Waals surface area contributed by atoms with Crippen molar-refractivity contribution in [1.29, 1.82) is 5.26 Å². The van der Waals surface area contributed by atoms with Crippen LogP contribution in [0.25, 0.3) is 0 Å². The van der Waals surface area contributed by atoms with E-state index in [0.29, 0.717) is 15.6 Å². The van der Waals surface area contributed by atoms with E-state index in [1.165, 1.54) is 28.5 Å². The molecule has 0 saturated heterocycles. The van der Waals surface area contributed by atoms with Crippen LogP contribution in [0.4, 0.5) is 5.00 Å². The lowest BCUT2D eigenvalue weighted by atomic mass is 9.96. The molecule has 0 saturated carbocycles. The van der Waals surface area contributed by atoms with Crippen LogP contribution < -0.4 is 5.32 Å². The van der Waals surface area contributed by atoms with E-state index >= 15 is 0 Å². The number of nitrogens with one attached hydrogen (secondary N) is 1. The third-order valence-electron chi connectivity index (χ3n) is 3.88. The number of thiophene rings is 1. The standard InChI is InChI=1S/C17H15N3O3S2/c18-8-12-10-4-1-2-6-13(10)25-16(12)20-14(21)9-24-15-11(17(22)23)5-3-7-19-15/h3,5,7H,1-2,4,6,9H2,(H,20,21)(H,22,23). The Balaban J connectivity index is 1.69. The summed E-state index contributed by atoms with van der Waals surface area (Å²) < 4.78 is 0. The number of carbonyl (C=O) groups is 2. The molecule has 0 unspecified atom stereocenters. The second kappa shape index (κ2) is 7.68. The van der Waals surface area contributed by atoms with Crippen LogP contribution in [0.2, 0.25) is 0 Å². The Morgan fingerprint density at radius 2 is 2.20 bits per heavy atom. The number of rotatable bonds is 5. The number of hydrogen-bond acceptors (Lipinski definition) is 6. The van der Waals surface area contributed by atoms with Crippen LogP contribution >= 0.6 is 23.1 Å². The van der Waals surface area contributed by atoms with Crippen molar-refractivity contribution in [3.63, 3.8) is 0 Å². The number of anilines is 1. The van der Waals surface area contributed by atoms with Gasteiger partial charge in [-0.3, -0.25) is 4.79 Å². The monoisotopic (exact) mass is 373 g/mol. The van der Waals surface area contributed by atoms with E-state index in [1.54, 1.807) is 6.07 Å². The van der Waals surface area contributed by atoms with Gasteiger partial charge in [-0.1, -0.05) is 11.8 Å². The zero-order chi connectivity index (χ0) is 17.8. The summed E-state index contributed by atoms with van der Waals surface area (Å²) in [7, 11) is 0. The van der Waals surface area contributed by atoms with Crippen molar-refractivity contribution in [3.8, 4) is 6.07 Å². The van der Waals surface area contributed by atoms with Gasteiger partial charge in [0.2, 0.25) is 5.91 Å². The van der Waals surface area contributed by atoms with Gasteiger partial charge in [-0.25, -0.2) is 9.78 Å². The first-order valence-electron chi connectivity index (χ1n) is 7.75. The highest BCUT2D eigenvalue weighted by atomic mass is 32.2.